The Balaban J connectivity index is 1.71. The van der Waals surface area contributed by atoms with Gasteiger partial charge in [0, 0.05) is 37.9 Å². The fourth-order valence-electron chi connectivity index (χ4n) is 3.48. The van der Waals surface area contributed by atoms with E-state index in [0.717, 1.165) is 43.6 Å². The molecule has 0 bridgehead atoms. The second kappa shape index (κ2) is 8.15. The van der Waals surface area contributed by atoms with E-state index in [2.05, 4.69) is 16.5 Å². The normalized spacial score (nSPS) is 19.2. The summed E-state index contributed by atoms with van der Waals surface area (Å²) in [5.41, 5.74) is 0.842. The Hall–Kier alpha value is -1.66. The predicted molar refractivity (Wildman–Crippen MR) is 99.7 cm³/mol. The van der Waals surface area contributed by atoms with Crippen molar-refractivity contribution >= 4 is 10.0 Å². The van der Waals surface area contributed by atoms with Crippen molar-refractivity contribution in [1.82, 2.24) is 13.9 Å². The summed E-state index contributed by atoms with van der Waals surface area (Å²) in [5.74, 6) is 1.30. The van der Waals surface area contributed by atoms with E-state index in [4.69, 9.17) is 0 Å². The number of sulfonamides is 1. The van der Waals surface area contributed by atoms with E-state index >= 15 is 0 Å². The van der Waals surface area contributed by atoms with Gasteiger partial charge in [-0.2, -0.15) is 0 Å². The molecule has 2 aromatic rings. The molecule has 0 radical (unpaired) electrons. The number of nitrogens with zero attached hydrogens (tertiary/aromatic N) is 3. The summed E-state index contributed by atoms with van der Waals surface area (Å²) < 4.78 is 29.5. The molecular weight excluding hydrogens is 334 g/mol. The minimum atomic E-state index is -3.29. The van der Waals surface area contributed by atoms with Crippen LogP contribution < -0.4 is 0 Å². The number of aromatic nitrogens is 2. The zero-order valence-corrected chi connectivity index (χ0v) is 15.7. The van der Waals surface area contributed by atoms with Crippen molar-refractivity contribution in [1.29, 1.82) is 0 Å². The first-order valence-corrected chi connectivity index (χ1v) is 10.7. The van der Waals surface area contributed by atoms with E-state index in [9.17, 15) is 8.42 Å². The molecule has 2 heterocycles. The first-order chi connectivity index (χ1) is 12.1. The number of aryl methyl sites for hydroxylation is 1. The van der Waals surface area contributed by atoms with Gasteiger partial charge in [0.25, 0.3) is 0 Å². The standard InChI is InChI=1S/C19H27N3O2S/c1-2-3-12-21-14-11-20-19(21)18-10-7-13-22(15-18)25(23,24)16-17-8-5-4-6-9-17/h4-6,8-9,11,14,18H,2-3,7,10,12-13,15-16H2,1H3/t18-/m1/s1. The van der Waals surface area contributed by atoms with Crippen LogP contribution in [0.25, 0.3) is 0 Å². The van der Waals surface area contributed by atoms with Crippen molar-refractivity contribution in [2.45, 2.75) is 50.8 Å². The Morgan fingerprint density at radius 1 is 1.24 bits per heavy atom. The fraction of sp³-hybridized carbons (Fsp3) is 0.526. The van der Waals surface area contributed by atoms with E-state index in [1.807, 2.05) is 42.7 Å². The lowest BCUT2D eigenvalue weighted by molar-refractivity contribution is 0.304. The number of rotatable bonds is 7. The Bertz CT molecular complexity index is 771. The van der Waals surface area contributed by atoms with Crippen LogP contribution in [0.2, 0.25) is 0 Å². The molecular formula is C19H27N3O2S. The summed E-state index contributed by atoms with van der Waals surface area (Å²) >= 11 is 0. The first kappa shape index (κ1) is 18.1. The van der Waals surface area contributed by atoms with Crippen molar-refractivity contribution in [2.75, 3.05) is 13.1 Å². The second-order valence-corrected chi connectivity index (χ2v) is 8.74. The maximum atomic E-state index is 12.8. The highest BCUT2D eigenvalue weighted by Gasteiger charge is 2.31. The lowest BCUT2D eigenvalue weighted by Gasteiger charge is -2.32. The topological polar surface area (TPSA) is 55.2 Å². The number of benzene rings is 1. The molecule has 0 aliphatic carbocycles. The molecule has 1 aromatic heterocycles. The molecule has 136 valence electrons. The molecule has 25 heavy (non-hydrogen) atoms. The van der Waals surface area contributed by atoms with Crippen molar-refractivity contribution in [2.24, 2.45) is 0 Å². The smallest absolute Gasteiger partial charge is 0.218 e. The minimum Gasteiger partial charge on any atom is -0.335 e. The average Bonchev–Trinajstić information content (AvgIpc) is 3.09. The third-order valence-electron chi connectivity index (χ3n) is 4.83. The van der Waals surface area contributed by atoms with Gasteiger partial charge in [0.05, 0.1) is 5.75 Å². The number of piperidine rings is 1. The molecule has 1 aliphatic rings. The molecule has 0 spiro atoms. The van der Waals surface area contributed by atoms with E-state index in [0.29, 0.717) is 13.1 Å². The largest absolute Gasteiger partial charge is 0.335 e. The summed E-state index contributed by atoms with van der Waals surface area (Å²) in [5, 5.41) is 0. The molecule has 6 heteroatoms. The van der Waals surface area contributed by atoms with Gasteiger partial charge in [-0.3, -0.25) is 0 Å². The fourth-order valence-corrected chi connectivity index (χ4v) is 5.09. The Labute approximate surface area is 150 Å². The minimum absolute atomic E-state index is 0.0742. The summed E-state index contributed by atoms with van der Waals surface area (Å²) in [7, 11) is -3.29. The third kappa shape index (κ3) is 4.50. The zero-order valence-electron chi connectivity index (χ0n) is 14.8. The molecule has 5 nitrogen and oxygen atoms in total. The second-order valence-electron chi connectivity index (χ2n) is 6.77. The van der Waals surface area contributed by atoms with Crippen LogP contribution in [-0.4, -0.2) is 35.4 Å². The summed E-state index contributed by atoms with van der Waals surface area (Å²) in [6, 6.07) is 9.42. The molecule has 0 amide bonds. The number of unbranched alkanes of at least 4 members (excludes halogenated alkanes) is 1. The van der Waals surface area contributed by atoms with Gasteiger partial charge in [-0.05, 0) is 24.8 Å². The Morgan fingerprint density at radius 3 is 2.80 bits per heavy atom. The van der Waals surface area contributed by atoms with E-state index in [1.54, 1.807) is 4.31 Å². The van der Waals surface area contributed by atoms with Crippen molar-refractivity contribution < 1.29 is 8.42 Å². The van der Waals surface area contributed by atoms with Crippen LogP contribution in [0.1, 0.15) is 49.9 Å². The van der Waals surface area contributed by atoms with Crippen LogP contribution >= 0.6 is 0 Å². The molecule has 0 N–H and O–H groups in total. The molecule has 1 saturated heterocycles. The number of hydrogen-bond donors (Lipinski definition) is 0. The lowest BCUT2D eigenvalue weighted by Crippen LogP contribution is -2.40. The van der Waals surface area contributed by atoms with Crippen molar-refractivity contribution in [3.8, 4) is 0 Å². The summed E-state index contributed by atoms with van der Waals surface area (Å²) in [4.78, 5) is 4.53. The highest BCUT2D eigenvalue weighted by Crippen LogP contribution is 2.28. The van der Waals surface area contributed by atoms with Gasteiger partial charge in [-0.25, -0.2) is 17.7 Å². The molecule has 3 rings (SSSR count). The van der Waals surface area contributed by atoms with Gasteiger partial charge in [-0.15, -0.1) is 0 Å². The van der Waals surface area contributed by atoms with Gasteiger partial charge in [0.15, 0.2) is 0 Å². The van der Waals surface area contributed by atoms with Crippen LogP contribution in [0.5, 0.6) is 0 Å². The van der Waals surface area contributed by atoms with Gasteiger partial charge >= 0.3 is 0 Å². The van der Waals surface area contributed by atoms with Gasteiger partial charge in [0.2, 0.25) is 10.0 Å². The first-order valence-electron chi connectivity index (χ1n) is 9.13. The van der Waals surface area contributed by atoms with Gasteiger partial charge < -0.3 is 4.57 Å². The highest BCUT2D eigenvalue weighted by molar-refractivity contribution is 7.88. The molecule has 0 saturated carbocycles. The summed E-state index contributed by atoms with van der Waals surface area (Å²) in [6.45, 7) is 4.29. The van der Waals surface area contributed by atoms with Crippen LogP contribution in [-0.2, 0) is 22.3 Å². The molecule has 0 unspecified atom stereocenters. The van der Waals surface area contributed by atoms with Gasteiger partial charge in [0.1, 0.15) is 5.82 Å². The molecule has 1 aliphatic heterocycles. The average molecular weight is 362 g/mol. The van der Waals surface area contributed by atoms with Crippen LogP contribution in [0.4, 0.5) is 0 Å². The molecule has 1 fully saturated rings. The maximum Gasteiger partial charge on any atom is 0.218 e. The highest BCUT2D eigenvalue weighted by atomic mass is 32.2. The van der Waals surface area contributed by atoms with Crippen molar-refractivity contribution in [3.05, 3.63) is 54.1 Å². The van der Waals surface area contributed by atoms with Crippen molar-refractivity contribution in [3.63, 3.8) is 0 Å². The van der Waals surface area contributed by atoms with E-state index in [1.165, 1.54) is 0 Å². The van der Waals surface area contributed by atoms with E-state index in [-0.39, 0.29) is 11.7 Å². The van der Waals surface area contributed by atoms with Crippen LogP contribution in [0.3, 0.4) is 0 Å². The quantitative estimate of drug-likeness (QED) is 0.759. The number of hydrogen-bond acceptors (Lipinski definition) is 3. The third-order valence-corrected chi connectivity index (χ3v) is 6.65. The maximum absolute atomic E-state index is 12.8. The van der Waals surface area contributed by atoms with Crippen LogP contribution in [0.15, 0.2) is 42.7 Å². The molecule has 1 aromatic carbocycles. The van der Waals surface area contributed by atoms with Gasteiger partial charge in [-0.1, -0.05) is 43.7 Å². The Morgan fingerprint density at radius 2 is 2.04 bits per heavy atom. The Kier molecular flexibility index (Phi) is 5.91. The molecule has 1 atom stereocenters. The van der Waals surface area contributed by atoms with Crippen LogP contribution in [0, 0.1) is 0 Å². The lowest BCUT2D eigenvalue weighted by atomic mass is 9.99. The summed E-state index contributed by atoms with van der Waals surface area (Å²) in [6.07, 6.45) is 8.00. The monoisotopic (exact) mass is 361 g/mol. The van der Waals surface area contributed by atoms with E-state index < -0.39 is 10.0 Å². The number of imidazole rings is 1. The zero-order chi connectivity index (χ0) is 17.7. The predicted octanol–water partition coefficient (Wildman–Crippen LogP) is 3.39. The SMILES string of the molecule is CCCCn1ccnc1[C@@H]1CCCN(S(=O)(=O)Cc2ccccc2)C1.